The smallest absolute Gasteiger partial charge is 0.0642 e. The summed E-state index contributed by atoms with van der Waals surface area (Å²) in [5.41, 5.74) is 0. The van der Waals surface area contributed by atoms with Gasteiger partial charge >= 0.3 is 0 Å². The fraction of sp³-hybridized carbons (Fsp3) is 1.00. The van der Waals surface area contributed by atoms with Gasteiger partial charge in [-0.15, -0.1) is 0 Å². The summed E-state index contributed by atoms with van der Waals surface area (Å²) >= 11 is 0. The molecule has 3 nitrogen and oxygen atoms in total. The summed E-state index contributed by atoms with van der Waals surface area (Å²) in [6.45, 7) is 10.00. The van der Waals surface area contributed by atoms with Gasteiger partial charge in [0, 0.05) is 13.7 Å². The summed E-state index contributed by atoms with van der Waals surface area (Å²) < 4.78 is 10.9. The summed E-state index contributed by atoms with van der Waals surface area (Å²) in [7, 11) is 1.74. The Balaban J connectivity index is 3.57. The highest BCUT2D eigenvalue weighted by Gasteiger charge is 2.08. The lowest BCUT2D eigenvalue weighted by Gasteiger charge is -2.19. The standard InChI is InChI=1S/C13H29NO2/c1-5-7-12(3)9-16-11-13(10-15-4)14-8-6-2/h12-14H,5-11H2,1-4H3. The van der Waals surface area contributed by atoms with Crippen LogP contribution in [0.15, 0.2) is 0 Å². The van der Waals surface area contributed by atoms with Crippen LogP contribution < -0.4 is 5.32 Å². The molecule has 0 aromatic rings. The van der Waals surface area contributed by atoms with Gasteiger partial charge in [-0.1, -0.05) is 27.2 Å². The minimum atomic E-state index is 0.332. The largest absolute Gasteiger partial charge is 0.383 e. The van der Waals surface area contributed by atoms with Gasteiger partial charge in [0.15, 0.2) is 0 Å². The van der Waals surface area contributed by atoms with Crippen LogP contribution in [0.5, 0.6) is 0 Å². The molecule has 0 rings (SSSR count). The molecule has 0 aromatic carbocycles. The van der Waals surface area contributed by atoms with Crippen LogP contribution in [-0.2, 0) is 9.47 Å². The zero-order chi connectivity index (χ0) is 12.2. The van der Waals surface area contributed by atoms with E-state index in [0.29, 0.717) is 12.0 Å². The molecule has 0 bridgehead atoms. The summed E-state index contributed by atoms with van der Waals surface area (Å²) in [6, 6.07) is 0.332. The predicted molar refractivity (Wildman–Crippen MR) is 68.8 cm³/mol. The lowest BCUT2D eigenvalue weighted by Crippen LogP contribution is -2.38. The Morgan fingerprint density at radius 1 is 1.06 bits per heavy atom. The van der Waals surface area contributed by atoms with Gasteiger partial charge in [0.25, 0.3) is 0 Å². The van der Waals surface area contributed by atoms with Gasteiger partial charge in [0.2, 0.25) is 0 Å². The molecule has 0 heterocycles. The van der Waals surface area contributed by atoms with Crippen molar-refractivity contribution >= 4 is 0 Å². The average molecular weight is 231 g/mol. The highest BCUT2D eigenvalue weighted by Crippen LogP contribution is 2.05. The van der Waals surface area contributed by atoms with Crippen LogP contribution in [0.25, 0.3) is 0 Å². The van der Waals surface area contributed by atoms with E-state index in [1.807, 2.05) is 0 Å². The van der Waals surface area contributed by atoms with Gasteiger partial charge in [-0.25, -0.2) is 0 Å². The number of hydrogen-bond acceptors (Lipinski definition) is 3. The maximum atomic E-state index is 5.72. The van der Waals surface area contributed by atoms with Gasteiger partial charge in [-0.3, -0.25) is 0 Å². The van der Waals surface area contributed by atoms with E-state index >= 15 is 0 Å². The van der Waals surface area contributed by atoms with E-state index in [9.17, 15) is 0 Å². The van der Waals surface area contributed by atoms with Crippen molar-refractivity contribution < 1.29 is 9.47 Å². The van der Waals surface area contributed by atoms with Crippen molar-refractivity contribution in [2.45, 2.75) is 46.1 Å². The highest BCUT2D eigenvalue weighted by atomic mass is 16.5. The predicted octanol–water partition coefficient (Wildman–Crippen LogP) is 2.45. The van der Waals surface area contributed by atoms with Crippen LogP contribution in [0.4, 0.5) is 0 Å². The van der Waals surface area contributed by atoms with Crippen LogP contribution in [-0.4, -0.2) is 39.5 Å². The molecule has 0 radical (unpaired) electrons. The lowest BCUT2D eigenvalue weighted by atomic mass is 10.1. The average Bonchev–Trinajstić information content (AvgIpc) is 2.26. The maximum Gasteiger partial charge on any atom is 0.0642 e. The molecule has 2 atom stereocenters. The number of ether oxygens (including phenoxy) is 2. The number of rotatable bonds is 11. The second kappa shape index (κ2) is 11.4. The third kappa shape index (κ3) is 9.13. The van der Waals surface area contributed by atoms with E-state index in [-0.39, 0.29) is 0 Å². The Bertz CT molecular complexity index is 142. The van der Waals surface area contributed by atoms with E-state index in [1.165, 1.54) is 12.8 Å². The van der Waals surface area contributed by atoms with Crippen molar-refractivity contribution in [3.63, 3.8) is 0 Å². The summed E-state index contributed by atoms with van der Waals surface area (Å²) in [5, 5.41) is 3.43. The van der Waals surface area contributed by atoms with E-state index in [0.717, 1.165) is 32.8 Å². The normalized spacial score (nSPS) is 15.0. The topological polar surface area (TPSA) is 30.5 Å². The fourth-order valence-corrected chi connectivity index (χ4v) is 1.70. The first kappa shape index (κ1) is 15.9. The summed E-state index contributed by atoms with van der Waals surface area (Å²) in [5.74, 6) is 0.666. The van der Waals surface area contributed by atoms with Gasteiger partial charge in [0.05, 0.1) is 19.3 Å². The molecular weight excluding hydrogens is 202 g/mol. The fourth-order valence-electron chi connectivity index (χ4n) is 1.70. The minimum Gasteiger partial charge on any atom is -0.383 e. The van der Waals surface area contributed by atoms with Crippen LogP contribution in [0.3, 0.4) is 0 Å². The molecule has 0 aromatic heterocycles. The first-order valence-electron chi connectivity index (χ1n) is 6.54. The number of nitrogens with one attached hydrogen (secondary N) is 1. The SMILES string of the molecule is CCCNC(COC)COCC(C)CCC. The molecule has 98 valence electrons. The number of methoxy groups -OCH3 is 1. The van der Waals surface area contributed by atoms with Crippen LogP contribution in [0, 0.1) is 5.92 Å². The highest BCUT2D eigenvalue weighted by molar-refractivity contribution is 4.65. The lowest BCUT2D eigenvalue weighted by molar-refractivity contribution is 0.0568. The molecule has 1 N–H and O–H groups in total. The van der Waals surface area contributed by atoms with Gasteiger partial charge in [0.1, 0.15) is 0 Å². The van der Waals surface area contributed by atoms with Crippen LogP contribution >= 0.6 is 0 Å². The second-order valence-corrected chi connectivity index (χ2v) is 4.54. The molecule has 16 heavy (non-hydrogen) atoms. The first-order chi connectivity index (χ1) is 7.74. The molecule has 0 aliphatic carbocycles. The molecule has 3 heteroatoms. The van der Waals surface area contributed by atoms with E-state index in [1.54, 1.807) is 7.11 Å². The zero-order valence-corrected chi connectivity index (χ0v) is 11.4. The third-order valence-electron chi connectivity index (χ3n) is 2.55. The Kier molecular flexibility index (Phi) is 11.3. The third-order valence-corrected chi connectivity index (χ3v) is 2.55. The molecule has 0 saturated carbocycles. The molecule has 0 amide bonds. The zero-order valence-electron chi connectivity index (χ0n) is 11.4. The first-order valence-corrected chi connectivity index (χ1v) is 6.54. The Hall–Kier alpha value is -0.120. The van der Waals surface area contributed by atoms with Gasteiger partial charge in [-0.2, -0.15) is 0 Å². The van der Waals surface area contributed by atoms with Gasteiger partial charge in [-0.05, 0) is 25.3 Å². The van der Waals surface area contributed by atoms with E-state index < -0.39 is 0 Å². The summed E-state index contributed by atoms with van der Waals surface area (Å²) in [4.78, 5) is 0. The number of hydrogen-bond donors (Lipinski definition) is 1. The summed E-state index contributed by atoms with van der Waals surface area (Å²) in [6.07, 6.45) is 3.63. The Morgan fingerprint density at radius 2 is 1.81 bits per heavy atom. The van der Waals surface area contributed by atoms with Gasteiger partial charge < -0.3 is 14.8 Å². The van der Waals surface area contributed by atoms with Crippen molar-refractivity contribution in [1.29, 1.82) is 0 Å². The monoisotopic (exact) mass is 231 g/mol. The van der Waals surface area contributed by atoms with Crippen molar-refractivity contribution in [3.8, 4) is 0 Å². The Morgan fingerprint density at radius 3 is 2.38 bits per heavy atom. The molecule has 0 fully saturated rings. The van der Waals surface area contributed by atoms with Crippen molar-refractivity contribution in [2.24, 2.45) is 5.92 Å². The molecular formula is C13H29NO2. The maximum absolute atomic E-state index is 5.72. The molecule has 0 aliphatic rings. The minimum absolute atomic E-state index is 0.332. The van der Waals surface area contributed by atoms with Crippen LogP contribution in [0.2, 0.25) is 0 Å². The molecule has 0 saturated heterocycles. The van der Waals surface area contributed by atoms with Crippen molar-refractivity contribution in [2.75, 3.05) is 33.5 Å². The Labute approximate surface area is 101 Å². The molecule has 2 unspecified atom stereocenters. The van der Waals surface area contributed by atoms with Crippen molar-refractivity contribution in [1.82, 2.24) is 5.32 Å². The van der Waals surface area contributed by atoms with Crippen molar-refractivity contribution in [3.05, 3.63) is 0 Å². The quantitative estimate of drug-likeness (QED) is 0.592. The second-order valence-electron chi connectivity index (χ2n) is 4.54. The molecule has 0 spiro atoms. The van der Waals surface area contributed by atoms with Crippen LogP contribution in [0.1, 0.15) is 40.0 Å². The molecule has 0 aliphatic heterocycles. The van der Waals surface area contributed by atoms with E-state index in [4.69, 9.17) is 9.47 Å². The van der Waals surface area contributed by atoms with E-state index in [2.05, 4.69) is 26.1 Å².